The summed E-state index contributed by atoms with van der Waals surface area (Å²) >= 11 is 1.77. The molecule has 3 nitrogen and oxygen atoms in total. The van der Waals surface area contributed by atoms with Gasteiger partial charge in [0.2, 0.25) is 0 Å². The maximum atomic E-state index is 5.60. The van der Waals surface area contributed by atoms with Gasteiger partial charge < -0.3 is 11.1 Å². The third kappa shape index (κ3) is 6.15. The smallest absolute Gasteiger partial charge is 0.107 e. The van der Waals surface area contributed by atoms with Crippen LogP contribution in [0.25, 0.3) is 0 Å². The number of aryl methyl sites for hydroxylation is 1. The van der Waals surface area contributed by atoms with Crippen LogP contribution in [-0.2, 0) is 6.54 Å². The Balaban J connectivity index is 2.08. The maximum Gasteiger partial charge on any atom is 0.107 e. The molecule has 0 amide bonds. The molecule has 3 N–H and O–H groups in total. The van der Waals surface area contributed by atoms with Gasteiger partial charge in [-0.1, -0.05) is 13.8 Å². The predicted octanol–water partition coefficient (Wildman–Crippen LogP) is 2.70. The van der Waals surface area contributed by atoms with Crippen LogP contribution in [0.2, 0.25) is 0 Å². The van der Waals surface area contributed by atoms with Crippen LogP contribution in [-0.4, -0.2) is 18.1 Å². The molecule has 0 aromatic carbocycles. The summed E-state index contributed by atoms with van der Waals surface area (Å²) in [6.45, 7) is 9.44. The fraction of sp³-hybridized carbons (Fsp3) is 0.769. The molecule has 1 aromatic rings. The van der Waals surface area contributed by atoms with Gasteiger partial charge in [-0.25, -0.2) is 4.98 Å². The summed E-state index contributed by atoms with van der Waals surface area (Å²) in [5.41, 5.74) is 5.98. The molecule has 1 rings (SSSR count). The van der Waals surface area contributed by atoms with Crippen LogP contribution in [0.3, 0.4) is 0 Å². The second-order valence-electron chi connectivity index (χ2n) is 5.35. The fourth-order valence-corrected chi connectivity index (χ4v) is 2.64. The topological polar surface area (TPSA) is 50.9 Å². The van der Waals surface area contributed by atoms with Gasteiger partial charge in [0.05, 0.1) is 0 Å². The standard InChI is InChI=1S/C13H25N3S/c1-11-9-16-12(17-11)10-15-8-4-5-13(2,3)6-7-14/h9,15H,4-8,10,14H2,1-3H3. The molecule has 0 bridgehead atoms. The Kier molecular flexibility index (Phi) is 6.09. The van der Waals surface area contributed by atoms with Crippen molar-refractivity contribution in [2.24, 2.45) is 11.1 Å². The summed E-state index contributed by atoms with van der Waals surface area (Å²) in [5, 5.41) is 4.63. The Labute approximate surface area is 109 Å². The Hall–Kier alpha value is -0.450. The monoisotopic (exact) mass is 255 g/mol. The van der Waals surface area contributed by atoms with E-state index in [0.29, 0.717) is 5.41 Å². The van der Waals surface area contributed by atoms with E-state index in [1.807, 2.05) is 6.20 Å². The lowest BCUT2D eigenvalue weighted by Gasteiger charge is -2.23. The first-order valence-electron chi connectivity index (χ1n) is 6.35. The number of aromatic nitrogens is 1. The zero-order valence-electron chi connectivity index (χ0n) is 11.3. The lowest BCUT2D eigenvalue weighted by molar-refractivity contribution is 0.302. The molecule has 4 heteroatoms. The van der Waals surface area contributed by atoms with Crippen LogP contribution in [0, 0.1) is 12.3 Å². The summed E-state index contributed by atoms with van der Waals surface area (Å²) in [6.07, 6.45) is 5.48. The van der Waals surface area contributed by atoms with E-state index in [9.17, 15) is 0 Å². The Morgan fingerprint density at radius 2 is 2.18 bits per heavy atom. The summed E-state index contributed by atoms with van der Waals surface area (Å²) in [7, 11) is 0. The number of hydrogen-bond acceptors (Lipinski definition) is 4. The van der Waals surface area contributed by atoms with Crippen LogP contribution < -0.4 is 11.1 Å². The highest BCUT2D eigenvalue weighted by molar-refractivity contribution is 7.11. The minimum atomic E-state index is 0.383. The van der Waals surface area contributed by atoms with Gasteiger partial charge in [-0.3, -0.25) is 0 Å². The van der Waals surface area contributed by atoms with Gasteiger partial charge in [0.1, 0.15) is 5.01 Å². The zero-order chi connectivity index (χ0) is 12.7. The first-order chi connectivity index (χ1) is 8.03. The lowest BCUT2D eigenvalue weighted by Crippen LogP contribution is -2.20. The summed E-state index contributed by atoms with van der Waals surface area (Å²) in [4.78, 5) is 5.61. The van der Waals surface area contributed by atoms with Crippen LogP contribution in [0.4, 0.5) is 0 Å². The van der Waals surface area contributed by atoms with Gasteiger partial charge in [-0.2, -0.15) is 0 Å². The van der Waals surface area contributed by atoms with Crippen molar-refractivity contribution >= 4 is 11.3 Å². The SMILES string of the molecule is Cc1cnc(CNCCCC(C)(C)CCN)s1. The largest absolute Gasteiger partial charge is 0.330 e. The molecule has 0 spiro atoms. The Morgan fingerprint density at radius 1 is 1.41 bits per heavy atom. The molecule has 0 saturated heterocycles. The van der Waals surface area contributed by atoms with Crippen molar-refractivity contribution in [1.82, 2.24) is 10.3 Å². The highest BCUT2D eigenvalue weighted by atomic mass is 32.1. The van der Waals surface area contributed by atoms with Gasteiger partial charge in [-0.05, 0) is 44.7 Å². The lowest BCUT2D eigenvalue weighted by atomic mass is 9.84. The van der Waals surface area contributed by atoms with E-state index in [2.05, 4.69) is 31.1 Å². The second-order valence-corrected chi connectivity index (χ2v) is 6.67. The van der Waals surface area contributed by atoms with Gasteiger partial charge in [-0.15, -0.1) is 11.3 Å². The van der Waals surface area contributed by atoms with Gasteiger partial charge in [0.15, 0.2) is 0 Å². The predicted molar refractivity (Wildman–Crippen MR) is 75.2 cm³/mol. The Bertz CT molecular complexity index is 320. The molecule has 17 heavy (non-hydrogen) atoms. The molecular weight excluding hydrogens is 230 g/mol. The highest BCUT2D eigenvalue weighted by Crippen LogP contribution is 2.25. The molecule has 0 fully saturated rings. The van der Waals surface area contributed by atoms with Crippen molar-refractivity contribution in [3.05, 3.63) is 16.1 Å². The maximum absolute atomic E-state index is 5.60. The molecule has 0 aliphatic heterocycles. The molecule has 1 aromatic heterocycles. The minimum absolute atomic E-state index is 0.383. The Morgan fingerprint density at radius 3 is 2.76 bits per heavy atom. The van der Waals surface area contributed by atoms with Crippen molar-refractivity contribution < 1.29 is 0 Å². The number of rotatable bonds is 8. The average molecular weight is 255 g/mol. The number of nitrogens with two attached hydrogens (primary N) is 1. The first-order valence-corrected chi connectivity index (χ1v) is 7.17. The molecule has 0 saturated carbocycles. The molecule has 0 aliphatic carbocycles. The summed E-state index contributed by atoms with van der Waals surface area (Å²) in [6, 6.07) is 0. The molecule has 0 aliphatic rings. The van der Waals surface area contributed by atoms with E-state index < -0.39 is 0 Å². The summed E-state index contributed by atoms with van der Waals surface area (Å²) in [5.74, 6) is 0. The molecule has 1 heterocycles. The van der Waals surface area contributed by atoms with Crippen molar-refractivity contribution in [2.75, 3.05) is 13.1 Å². The van der Waals surface area contributed by atoms with Crippen LogP contribution in [0.1, 0.15) is 43.0 Å². The van der Waals surface area contributed by atoms with Crippen LogP contribution in [0.15, 0.2) is 6.20 Å². The van der Waals surface area contributed by atoms with E-state index in [1.54, 1.807) is 11.3 Å². The average Bonchev–Trinajstić information content (AvgIpc) is 2.63. The van der Waals surface area contributed by atoms with Crippen LogP contribution in [0.5, 0.6) is 0 Å². The van der Waals surface area contributed by atoms with Crippen molar-refractivity contribution in [3.63, 3.8) is 0 Å². The number of hydrogen-bond donors (Lipinski definition) is 2. The first kappa shape index (κ1) is 14.6. The quantitative estimate of drug-likeness (QED) is 0.702. The third-order valence-electron chi connectivity index (χ3n) is 2.97. The molecule has 98 valence electrons. The van der Waals surface area contributed by atoms with Crippen LogP contribution >= 0.6 is 11.3 Å². The number of nitrogens with zero attached hydrogens (tertiary/aromatic N) is 1. The zero-order valence-corrected chi connectivity index (χ0v) is 12.1. The number of nitrogens with one attached hydrogen (secondary N) is 1. The van der Waals surface area contributed by atoms with E-state index in [-0.39, 0.29) is 0 Å². The van der Waals surface area contributed by atoms with Gasteiger partial charge >= 0.3 is 0 Å². The van der Waals surface area contributed by atoms with E-state index >= 15 is 0 Å². The van der Waals surface area contributed by atoms with Gasteiger partial charge in [0, 0.05) is 17.6 Å². The molecule has 0 radical (unpaired) electrons. The summed E-state index contributed by atoms with van der Waals surface area (Å²) < 4.78 is 0. The van der Waals surface area contributed by atoms with Crippen molar-refractivity contribution in [1.29, 1.82) is 0 Å². The molecule has 0 atom stereocenters. The van der Waals surface area contributed by atoms with Crippen molar-refractivity contribution in [2.45, 2.75) is 46.6 Å². The normalized spacial score (nSPS) is 12.0. The van der Waals surface area contributed by atoms with Gasteiger partial charge in [0.25, 0.3) is 0 Å². The van der Waals surface area contributed by atoms with E-state index in [0.717, 1.165) is 26.1 Å². The highest BCUT2D eigenvalue weighted by Gasteiger charge is 2.15. The van der Waals surface area contributed by atoms with Crippen molar-refractivity contribution in [3.8, 4) is 0 Å². The number of thiazole rings is 1. The van der Waals surface area contributed by atoms with E-state index in [4.69, 9.17) is 5.73 Å². The molecule has 0 unspecified atom stereocenters. The fourth-order valence-electron chi connectivity index (χ4n) is 1.89. The third-order valence-corrected chi connectivity index (χ3v) is 3.89. The molecular formula is C13H25N3S. The van der Waals surface area contributed by atoms with E-state index in [1.165, 1.54) is 22.7 Å². The minimum Gasteiger partial charge on any atom is -0.330 e. The second kappa shape index (κ2) is 7.09.